The molecule has 0 radical (unpaired) electrons. The summed E-state index contributed by atoms with van der Waals surface area (Å²) < 4.78 is 18.3. The van der Waals surface area contributed by atoms with E-state index in [9.17, 15) is 4.39 Å². The van der Waals surface area contributed by atoms with Crippen LogP contribution in [0.3, 0.4) is 0 Å². The van der Waals surface area contributed by atoms with Crippen molar-refractivity contribution in [2.45, 2.75) is 0 Å². The lowest BCUT2D eigenvalue weighted by molar-refractivity contribution is 0.210. The number of benzene rings is 1. The van der Waals surface area contributed by atoms with Crippen LogP contribution < -0.4 is 5.32 Å². The monoisotopic (exact) mass is 236 g/mol. The highest BCUT2D eigenvalue weighted by Crippen LogP contribution is 2.18. The van der Waals surface area contributed by atoms with E-state index in [2.05, 4.69) is 20.5 Å². The van der Waals surface area contributed by atoms with Crippen molar-refractivity contribution in [1.82, 2.24) is 15.2 Å². The molecule has 0 aliphatic carbocycles. The van der Waals surface area contributed by atoms with Crippen molar-refractivity contribution in [2.24, 2.45) is 0 Å². The maximum Gasteiger partial charge on any atom is 0.242 e. The molecular formula is C11H13FN4O. The summed E-state index contributed by atoms with van der Waals surface area (Å²) in [7, 11) is 1.62. The lowest BCUT2D eigenvalue weighted by Crippen LogP contribution is -2.08. The van der Waals surface area contributed by atoms with Crippen LogP contribution in [-0.2, 0) is 4.74 Å². The number of aromatic nitrogens is 3. The lowest BCUT2D eigenvalue weighted by Gasteiger charge is -1.99. The van der Waals surface area contributed by atoms with Gasteiger partial charge in [-0.3, -0.25) is 5.10 Å². The summed E-state index contributed by atoms with van der Waals surface area (Å²) in [4.78, 5) is 4.14. The number of nitrogens with one attached hydrogen (secondary N) is 2. The van der Waals surface area contributed by atoms with Crippen LogP contribution in [0.1, 0.15) is 0 Å². The third-order valence-corrected chi connectivity index (χ3v) is 2.20. The molecule has 2 N–H and O–H groups in total. The van der Waals surface area contributed by atoms with Gasteiger partial charge in [0.05, 0.1) is 12.2 Å². The number of aromatic amines is 1. The number of rotatable bonds is 5. The molecule has 90 valence electrons. The first-order valence-electron chi connectivity index (χ1n) is 5.21. The average Bonchev–Trinajstić information content (AvgIpc) is 2.79. The van der Waals surface area contributed by atoms with E-state index < -0.39 is 0 Å². The third-order valence-electron chi connectivity index (χ3n) is 2.20. The van der Waals surface area contributed by atoms with Crippen LogP contribution in [0.5, 0.6) is 0 Å². The Bertz CT molecular complexity index is 486. The Labute approximate surface area is 98.0 Å². The van der Waals surface area contributed by atoms with Crippen molar-refractivity contribution in [2.75, 3.05) is 25.6 Å². The summed E-state index contributed by atoms with van der Waals surface area (Å²) in [5.41, 5.74) is 0.403. The van der Waals surface area contributed by atoms with E-state index in [1.54, 1.807) is 25.3 Å². The van der Waals surface area contributed by atoms with Gasteiger partial charge in [-0.15, -0.1) is 5.10 Å². The zero-order chi connectivity index (χ0) is 12.1. The van der Waals surface area contributed by atoms with Gasteiger partial charge in [0.2, 0.25) is 5.95 Å². The van der Waals surface area contributed by atoms with E-state index in [0.29, 0.717) is 30.5 Å². The van der Waals surface area contributed by atoms with E-state index in [1.165, 1.54) is 6.07 Å². The molecule has 0 atom stereocenters. The van der Waals surface area contributed by atoms with Crippen LogP contribution in [-0.4, -0.2) is 35.4 Å². The fraction of sp³-hybridized carbons (Fsp3) is 0.273. The van der Waals surface area contributed by atoms with E-state index in [0.717, 1.165) is 0 Å². The van der Waals surface area contributed by atoms with E-state index in [-0.39, 0.29) is 5.82 Å². The molecule has 1 aromatic carbocycles. The summed E-state index contributed by atoms with van der Waals surface area (Å²) in [6.07, 6.45) is 0. The highest BCUT2D eigenvalue weighted by Gasteiger charge is 2.08. The van der Waals surface area contributed by atoms with Crippen LogP contribution in [0, 0.1) is 5.82 Å². The number of anilines is 1. The van der Waals surface area contributed by atoms with Crippen molar-refractivity contribution < 1.29 is 9.13 Å². The van der Waals surface area contributed by atoms with E-state index in [4.69, 9.17) is 4.74 Å². The second-order valence-corrected chi connectivity index (χ2v) is 3.41. The minimum absolute atomic E-state index is 0.327. The smallest absolute Gasteiger partial charge is 0.242 e. The molecule has 0 saturated carbocycles. The summed E-state index contributed by atoms with van der Waals surface area (Å²) in [5.74, 6) is 0.510. The maximum absolute atomic E-state index is 13.5. The molecule has 0 amide bonds. The highest BCUT2D eigenvalue weighted by molar-refractivity contribution is 5.56. The predicted molar refractivity (Wildman–Crippen MR) is 62.1 cm³/mol. The SMILES string of the molecule is COCCNc1n[nH]c(-c2ccccc2F)n1. The van der Waals surface area contributed by atoms with E-state index in [1.807, 2.05) is 0 Å². The van der Waals surface area contributed by atoms with Crippen molar-refractivity contribution in [3.63, 3.8) is 0 Å². The number of ether oxygens (including phenoxy) is 1. The van der Waals surface area contributed by atoms with Crippen molar-refractivity contribution in [1.29, 1.82) is 0 Å². The average molecular weight is 236 g/mol. The van der Waals surface area contributed by atoms with Crippen molar-refractivity contribution in [3.8, 4) is 11.4 Å². The fourth-order valence-electron chi connectivity index (χ4n) is 1.38. The number of hydrogen-bond donors (Lipinski definition) is 2. The molecule has 1 heterocycles. The number of halogens is 1. The van der Waals surface area contributed by atoms with Crippen LogP contribution in [0.4, 0.5) is 10.3 Å². The second-order valence-electron chi connectivity index (χ2n) is 3.41. The molecule has 2 rings (SSSR count). The molecule has 0 spiro atoms. The molecule has 17 heavy (non-hydrogen) atoms. The van der Waals surface area contributed by atoms with Gasteiger partial charge in [-0.05, 0) is 12.1 Å². The van der Waals surface area contributed by atoms with Crippen LogP contribution in [0.15, 0.2) is 24.3 Å². The largest absolute Gasteiger partial charge is 0.383 e. The molecule has 0 unspecified atom stereocenters. The standard InChI is InChI=1S/C11H13FN4O/c1-17-7-6-13-11-14-10(15-16-11)8-4-2-3-5-9(8)12/h2-5H,6-7H2,1H3,(H2,13,14,15,16). The molecule has 0 saturated heterocycles. The van der Waals surface area contributed by atoms with Crippen molar-refractivity contribution in [3.05, 3.63) is 30.1 Å². The van der Waals surface area contributed by atoms with Gasteiger partial charge in [0.15, 0.2) is 5.82 Å². The summed E-state index contributed by atoms with van der Waals surface area (Å²) >= 11 is 0. The Morgan fingerprint density at radius 2 is 2.24 bits per heavy atom. The second kappa shape index (κ2) is 5.40. The number of hydrogen-bond acceptors (Lipinski definition) is 4. The zero-order valence-corrected chi connectivity index (χ0v) is 9.40. The van der Waals surface area contributed by atoms with Gasteiger partial charge in [-0.1, -0.05) is 12.1 Å². The molecular weight excluding hydrogens is 223 g/mol. The van der Waals surface area contributed by atoms with Crippen LogP contribution in [0.2, 0.25) is 0 Å². The van der Waals surface area contributed by atoms with Crippen LogP contribution in [0.25, 0.3) is 11.4 Å². The van der Waals surface area contributed by atoms with Gasteiger partial charge in [0.25, 0.3) is 0 Å². The first kappa shape index (κ1) is 11.5. The Hall–Kier alpha value is -1.95. The predicted octanol–water partition coefficient (Wildman–Crippen LogP) is 1.67. The minimum atomic E-state index is -0.327. The Morgan fingerprint density at radius 1 is 1.41 bits per heavy atom. The quantitative estimate of drug-likeness (QED) is 0.775. The van der Waals surface area contributed by atoms with Gasteiger partial charge in [-0.2, -0.15) is 4.98 Å². The Kier molecular flexibility index (Phi) is 3.66. The molecule has 2 aromatic rings. The summed E-state index contributed by atoms with van der Waals surface area (Å²) in [6.45, 7) is 1.16. The summed E-state index contributed by atoms with van der Waals surface area (Å²) in [6, 6.07) is 6.41. The normalized spacial score (nSPS) is 10.5. The van der Waals surface area contributed by atoms with Gasteiger partial charge < -0.3 is 10.1 Å². The van der Waals surface area contributed by atoms with Gasteiger partial charge in [0, 0.05) is 13.7 Å². The molecule has 0 aliphatic rings. The summed E-state index contributed by atoms with van der Waals surface area (Å²) in [5, 5.41) is 9.58. The molecule has 0 aliphatic heterocycles. The number of H-pyrrole nitrogens is 1. The molecule has 1 aromatic heterocycles. The van der Waals surface area contributed by atoms with Crippen molar-refractivity contribution >= 4 is 5.95 Å². The van der Waals surface area contributed by atoms with Crippen LogP contribution >= 0.6 is 0 Å². The molecule has 0 bridgehead atoms. The molecule has 6 heteroatoms. The van der Waals surface area contributed by atoms with Gasteiger partial charge in [0.1, 0.15) is 5.82 Å². The first-order chi connectivity index (χ1) is 8.31. The number of methoxy groups -OCH3 is 1. The lowest BCUT2D eigenvalue weighted by atomic mass is 10.2. The Morgan fingerprint density at radius 3 is 3.00 bits per heavy atom. The van der Waals surface area contributed by atoms with Gasteiger partial charge in [-0.25, -0.2) is 4.39 Å². The van der Waals surface area contributed by atoms with E-state index >= 15 is 0 Å². The topological polar surface area (TPSA) is 62.8 Å². The minimum Gasteiger partial charge on any atom is -0.383 e. The zero-order valence-electron chi connectivity index (χ0n) is 9.40. The molecule has 5 nitrogen and oxygen atoms in total. The highest BCUT2D eigenvalue weighted by atomic mass is 19.1. The third kappa shape index (κ3) is 2.79. The Balaban J connectivity index is 2.10. The molecule has 0 fully saturated rings. The van der Waals surface area contributed by atoms with Gasteiger partial charge >= 0.3 is 0 Å². The fourth-order valence-corrected chi connectivity index (χ4v) is 1.38. The first-order valence-corrected chi connectivity index (χ1v) is 5.21. The maximum atomic E-state index is 13.5. The number of nitrogens with zero attached hydrogens (tertiary/aromatic N) is 2.